The Morgan fingerprint density at radius 2 is 2.18 bits per heavy atom. The van der Waals surface area contributed by atoms with Crippen LogP contribution in [0.15, 0.2) is 0 Å². The fourth-order valence-corrected chi connectivity index (χ4v) is 2.35. The van der Waals surface area contributed by atoms with Crippen LogP contribution in [-0.2, 0) is 14.6 Å². The van der Waals surface area contributed by atoms with E-state index in [4.69, 9.17) is 5.11 Å². The van der Waals surface area contributed by atoms with Crippen molar-refractivity contribution >= 4 is 15.8 Å². The minimum atomic E-state index is -3.38. The zero-order valence-electron chi connectivity index (χ0n) is 5.78. The van der Waals surface area contributed by atoms with Gasteiger partial charge >= 0.3 is 5.97 Å². The van der Waals surface area contributed by atoms with E-state index in [1.165, 1.54) is 0 Å². The molecule has 1 aliphatic heterocycles. The Kier molecular flexibility index (Phi) is 2.15. The van der Waals surface area contributed by atoms with Crippen molar-refractivity contribution in [3.05, 3.63) is 0 Å². The van der Waals surface area contributed by atoms with Crippen molar-refractivity contribution in [3.63, 3.8) is 0 Å². The highest BCUT2D eigenvalue weighted by molar-refractivity contribution is 7.92. The minimum absolute atomic E-state index is 0.0255. The molecule has 1 atom stereocenters. The third kappa shape index (κ3) is 1.69. The van der Waals surface area contributed by atoms with Crippen molar-refractivity contribution in [3.8, 4) is 0 Å². The second-order valence-electron chi connectivity index (χ2n) is 2.40. The SMILES string of the molecule is O=C(O)C1CNCCS1(=O)=O. The normalized spacial score (nSPS) is 29.6. The number of hydrogen-bond acceptors (Lipinski definition) is 4. The Morgan fingerprint density at radius 3 is 2.55 bits per heavy atom. The van der Waals surface area contributed by atoms with Crippen LogP contribution in [0.5, 0.6) is 0 Å². The van der Waals surface area contributed by atoms with Crippen molar-refractivity contribution in [1.29, 1.82) is 0 Å². The number of carboxylic acids is 1. The van der Waals surface area contributed by atoms with E-state index >= 15 is 0 Å². The molecule has 0 amide bonds. The van der Waals surface area contributed by atoms with Crippen LogP contribution in [0, 0.1) is 0 Å². The molecule has 1 saturated heterocycles. The predicted octanol–water partition coefficient (Wildman–Crippen LogP) is -1.54. The predicted molar refractivity (Wildman–Crippen MR) is 38.1 cm³/mol. The molecule has 0 aromatic carbocycles. The van der Waals surface area contributed by atoms with Gasteiger partial charge in [0, 0.05) is 13.1 Å². The second kappa shape index (κ2) is 2.78. The van der Waals surface area contributed by atoms with E-state index in [1.54, 1.807) is 0 Å². The first kappa shape index (κ1) is 8.48. The lowest BCUT2D eigenvalue weighted by molar-refractivity contribution is -0.136. The van der Waals surface area contributed by atoms with Crippen molar-refractivity contribution in [2.24, 2.45) is 0 Å². The molecular formula is C5H9NO4S. The average molecular weight is 179 g/mol. The highest BCUT2D eigenvalue weighted by Crippen LogP contribution is 2.05. The largest absolute Gasteiger partial charge is 0.480 e. The number of rotatable bonds is 1. The first-order chi connectivity index (χ1) is 5.04. The molecule has 0 saturated carbocycles. The molecule has 1 fully saturated rings. The first-order valence-corrected chi connectivity index (χ1v) is 4.90. The molecule has 0 aliphatic carbocycles. The van der Waals surface area contributed by atoms with Gasteiger partial charge in [0.2, 0.25) is 0 Å². The molecule has 1 unspecified atom stereocenters. The number of nitrogens with one attached hydrogen (secondary N) is 1. The van der Waals surface area contributed by atoms with Gasteiger partial charge in [-0.15, -0.1) is 0 Å². The highest BCUT2D eigenvalue weighted by Gasteiger charge is 2.34. The molecular weight excluding hydrogens is 170 g/mol. The number of carboxylic acid groups (broad SMARTS) is 1. The fraction of sp³-hybridized carbons (Fsp3) is 0.800. The molecule has 64 valence electrons. The van der Waals surface area contributed by atoms with Crippen LogP contribution in [0.2, 0.25) is 0 Å². The summed E-state index contributed by atoms with van der Waals surface area (Å²) in [5.41, 5.74) is 0. The summed E-state index contributed by atoms with van der Waals surface area (Å²) in [5.74, 6) is -1.35. The molecule has 0 spiro atoms. The van der Waals surface area contributed by atoms with E-state index in [-0.39, 0.29) is 12.3 Å². The molecule has 0 bridgehead atoms. The van der Waals surface area contributed by atoms with Crippen LogP contribution < -0.4 is 5.32 Å². The molecule has 0 aromatic heterocycles. The number of aliphatic carboxylic acids is 1. The third-order valence-corrected chi connectivity index (χ3v) is 3.61. The standard InChI is InChI=1S/C5H9NO4S/c7-5(8)4-3-6-1-2-11(4,9)10/h4,6H,1-3H2,(H,7,8). The van der Waals surface area contributed by atoms with Gasteiger partial charge in [-0.3, -0.25) is 4.79 Å². The third-order valence-electron chi connectivity index (χ3n) is 1.60. The van der Waals surface area contributed by atoms with Crippen LogP contribution in [0.4, 0.5) is 0 Å². The molecule has 0 radical (unpaired) electrons. The Morgan fingerprint density at radius 1 is 1.55 bits per heavy atom. The van der Waals surface area contributed by atoms with Crippen molar-refractivity contribution in [1.82, 2.24) is 5.32 Å². The smallest absolute Gasteiger partial charge is 0.323 e. The first-order valence-electron chi connectivity index (χ1n) is 3.19. The van der Waals surface area contributed by atoms with Gasteiger partial charge in [-0.25, -0.2) is 8.42 Å². The minimum Gasteiger partial charge on any atom is -0.480 e. The van der Waals surface area contributed by atoms with E-state index < -0.39 is 21.1 Å². The molecule has 1 heterocycles. The van der Waals surface area contributed by atoms with Crippen LogP contribution in [-0.4, -0.2) is 43.6 Å². The summed E-state index contributed by atoms with van der Waals surface area (Å²) in [6, 6.07) is 0. The maximum absolute atomic E-state index is 11.0. The van der Waals surface area contributed by atoms with Gasteiger partial charge in [0.15, 0.2) is 15.1 Å². The van der Waals surface area contributed by atoms with Crippen molar-refractivity contribution in [2.45, 2.75) is 5.25 Å². The van der Waals surface area contributed by atoms with Gasteiger partial charge in [-0.2, -0.15) is 0 Å². The highest BCUT2D eigenvalue weighted by atomic mass is 32.2. The van der Waals surface area contributed by atoms with Crippen LogP contribution in [0.3, 0.4) is 0 Å². The summed E-state index contributed by atoms with van der Waals surface area (Å²) < 4.78 is 22.0. The van der Waals surface area contributed by atoms with Crippen LogP contribution in [0.25, 0.3) is 0 Å². The summed E-state index contributed by atoms with van der Waals surface area (Å²) in [7, 11) is -3.38. The monoisotopic (exact) mass is 179 g/mol. The number of hydrogen-bond donors (Lipinski definition) is 2. The van der Waals surface area contributed by atoms with Crippen molar-refractivity contribution in [2.75, 3.05) is 18.8 Å². The zero-order chi connectivity index (χ0) is 8.48. The van der Waals surface area contributed by atoms with E-state index in [0.717, 1.165) is 0 Å². The van der Waals surface area contributed by atoms with Gasteiger partial charge < -0.3 is 10.4 Å². The number of sulfone groups is 1. The zero-order valence-corrected chi connectivity index (χ0v) is 6.60. The summed E-state index contributed by atoms with van der Waals surface area (Å²) in [4.78, 5) is 10.4. The van der Waals surface area contributed by atoms with Gasteiger partial charge in [0.1, 0.15) is 0 Å². The van der Waals surface area contributed by atoms with Crippen LogP contribution >= 0.6 is 0 Å². The second-order valence-corrected chi connectivity index (χ2v) is 4.70. The lowest BCUT2D eigenvalue weighted by atomic mass is 10.4. The van der Waals surface area contributed by atoms with E-state index in [9.17, 15) is 13.2 Å². The van der Waals surface area contributed by atoms with E-state index in [0.29, 0.717) is 6.54 Å². The van der Waals surface area contributed by atoms with Gasteiger partial charge in [-0.05, 0) is 0 Å². The fourth-order valence-electron chi connectivity index (χ4n) is 0.958. The van der Waals surface area contributed by atoms with Gasteiger partial charge in [0.05, 0.1) is 5.75 Å². The van der Waals surface area contributed by atoms with Crippen molar-refractivity contribution < 1.29 is 18.3 Å². The van der Waals surface area contributed by atoms with E-state index in [2.05, 4.69) is 5.32 Å². The molecule has 1 aliphatic rings. The van der Waals surface area contributed by atoms with Gasteiger partial charge in [0.25, 0.3) is 0 Å². The molecule has 0 aromatic rings. The summed E-state index contributed by atoms with van der Waals surface area (Å²) >= 11 is 0. The Balaban J connectivity index is 2.85. The maximum atomic E-state index is 11.0. The number of carbonyl (C=O) groups is 1. The van der Waals surface area contributed by atoms with Gasteiger partial charge in [-0.1, -0.05) is 0 Å². The lowest BCUT2D eigenvalue weighted by Crippen LogP contribution is -2.48. The summed E-state index contributed by atoms with van der Waals surface area (Å²) in [6.45, 7) is 0.379. The van der Waals surface area contributed by atoms with Crippen LogP contribution in [0.1, 0.15) is 0 Å². The Hall–Kier alpha value is -0.620. The Bertz CT molecular complexity index is 258. The van der Waals surface area contributed by atoms with E-state index in [1.807, 2.05) is 0 Å². The topological polar surface area (TPSA) is 83.5 Å². The molecule has 11 heavy (non-hydrogen) atoms. The quantitative estimate of drug-likeness (QED) is 0.509. The summed E-state index contributed by atoms with van der Waals surface area (Å²) in [6.07, 6.45) is 0. The molecule has 5 nitrogen and oxygen atoms in total. The molecule has 1 rings (SSSR count). The average Bonchev–Trinajstić information content (AvgIpc) is 1.85. The maximum Gasteiger partial charge on any atom is 0.323 e. The molecule has 6 heteroatoms. The lowest BCUT2D eigenvalue weighted by Gasteiger charge is -2.19. The Labute approximate surface area is 64.3 Å². The summed E-state index contributed by atoms with van der Waals surface area (Å²) in [5, 5.41) is 9.91. The molecule has 2 N–H and O–H groups in total.